The van der Waals surface area contributed by atoms with Gasteiger partial charge in [0, 0.05) is 6.04 Å². The lowest BCUT2D eigenvalue weighted by Crippen LogP contribution is -2.31. The van der Waals surface area contributed by atoms with E-state index in [1.54, 1.807) is 0 Å². The SMILES string of the molecule is CC(C)C1CCC(C(C)N)CC1. The van der Waals surface area contributed by atoms with Crippen LogP contribution in [-0.4, -0.2) is 6.04 Å². The summed E-state index contributed by atoms with van der Waals surface area (Å²) in [4.78, 5) is 0. The second kappa shape index (κ2) is 4.27. The monoisotopic (exact) mass is 169 g/mol. The van der Waals surface area contributed by atoms with Crippen LogP contribution >= 0.6 is 0 Å². The molecule has 0 radical (unpaired) electrons. The first kappa shape index (κ1) is 10.0. The summed E-state index contributed by atoms with van der Waals surface area (Å²) >= 11 is 0. The summed E-state index contributed by atoms with van der Waals surface area (Å²) in [5.74, 6) is 2.65. The van der Waals surface area contributed by atoms with Crippen LogP contribution in [0.15, 0.2) is 0 Å². The van der Waals surface area contributed by atoms with Crippen LogP contribution in [0.5, 0.6) is 0 Å². The first-order valence-corrected chi connectivity index (χ1v) is 5.37. The molecular weight excluding hydrogens is 146 g/mol. The van der Waals surface area contributed by atoms with E-state index in [9.17, 15) is 0 Å². The minimum Gasteiger partial charge on any atom is -0.328 e. The largest absolute Gasteiger partial charge is 0.328 e. The van der Waals surface area contributed by atoms with Gasteiger partial charge in [-0.15, -0.1) is 0 Å². The van der Waals surface area contributed by atoms with Gasteiger partial charge in [0.1, 0.15) is 0 Å². The van der Waals surface area contributed by atoms with Crippen LogP contribution in [0.2, 0.25) is 0 Å². The zero-order valence-electron chi connectivity index (χ0n) is 8.72. The Morgan fingerprint density at radius 3 is 1.67 bits per heavy atom. The molecule has 1 atom stereocenters. The van der Waals surface area contributed by atoms with E-state index < -0.39 is 0 Å². The Bertz CT molecular complexity index is 105. The fourth-order valence-electron chi connectivity index (χ4n) is 2.34. The highest BCUT2D eigenvalue weighted by Crippen LogP contribution is 2.34. The molecule has 0 aromatic rings. The van der Waals surface area contributed by atoms with Crippen molar-refractivity contribution in [2.24, 2.45) is 23.5 Å². The lowest BCUT2D eigenvalue weighted by molar-refractivity contribution is 0.208. The fraction of sp³-hybridized carbons (Fsp3) is 1.00. The highest BCUT2D eigenvalue weighted by molar-refractivity contribution is 4.78. The molecule has 0 amide bonds. The van der Waals surface area contributed by atoms with Crippen molar-refractivity contribution in [3.63, 3.8) is 0 Å². The van der Waals surface area contributed by atoms with Gasteiger partial charge in [-0.25, -0.2) is 0 Å². The van der Waals surface area contributed by atoms with Gasteiger partial charge in [0.05, 0.1) is 0 Å². The molecule has 1 aliphatic carbocycles. The van der Waals surface area contributed by atoms with Crippen molar-refractivity contribution in [3.8, 4) is 0 Å². The van der Waals surface area contributed by atoms with Crippen LogP contribution in [0.1, 0.15) is 46.5 Å². The maximum atomic E-state index is 5.89. The van der Waals surface area contributed by atoms with Crippen molar-refractivity contribution in [2.45, 2.75) is 52.5 Å². The lowest BCUT2D eigenvalue weighted by Gasteiger charge is -2.32. The minimum absolute atomic E-state index is 0.415. The van der Waals surface area contributed by atoms with Crippen LogP contribution in [0, 0.1) is 17.8 Å². The van der Waals surface area contributed by atoms with E-state index in [0.717, 1.165) is 17.8 Å². The third-order valence-corrected chi connectivity index (χ3v) is 3.50. The first-order chi connectivity index (χ1) is 5.61. The van der Waals surface area contributed by atoms with Crippen LogP contribution in [-0.2, 0) is 0 Å². The van der Waals surface area contributed by atoms with Gasteiger partial charge in [0.15, 0.2) is 0 Å². The molecule has 1 rings (SSSR count). The van der Waals surface area contributed by atoms with Crippen molar-refractivity contribution >= 4 is 0 Å². The van der Waals surface area contributed by atoms with E-state index >= 15 is 0 Å². The molecule has 2 N–H and O–H groups in total. The molecule has 0 aromatic carbocycles. The smallest absolute Gasteiger partial charge is 0.00387 e. The molecule has 0 saturated heterocycles. The molecule has 0 heterocycles. The highest BCUT2D eigenvalue weighted by atomic mass is 14.6. The quantitative estimate of drug-likeness (QED) is 0.676. The Balaban J connectivity index is 2.30. The molecule has 1 nitrogen and oxygen atoms in total. The second-order valence-electron chi connectivity index (χ2n) is 4.78. The molecule has 1 heteroatoms. The number of nitrogens with two attached hydrogens (primary N) is 1. The van der Waals surface area contributed by atoms with Gasteiger partial charge in [-0.2, -0.15) is 0 Å². The van der Waals surface area contributed by atoms with Gasteiger partial charge in [-0.3, -0.25) is 0 Å². The number of rotatable bonds is 2. The van der Waals surface area contributed by atoms with Crippen LogP contribution in [0.4, 0.5) is 0 Å². The Morgan fingerprint density at radius 2 is 1.33 bits per heavy atom. The molecule has 1 unspecified atom stereocenters. The van der Waals surface area contributed by atoms with E-state index in [1.165, 1.54) is 25.7 Å². The molecule has 1 saturated carbocycles. The summed E-state index contributed by atoms with van der Waals surface area (Å²) in [6.07, 6.45) is 5.54. The van der Waals surface area contributed by atoms with Crippen LogP contribution in [0.25, 0.3) is 0 Å². The fourth-order valence-corrected chi connectivity index (χ4v) is 2.34. The molecule has 0 bridgehead atoms. The molecule has 12 heavy (non-hydrogen) atoms. The standard InChI is InChI=1S/C11H23N/c1-8(2)10-4-6-11(7-5-10)9(3)12/h8-11H,4-7,12H2,1-3H3. The molecule has 72 valence electrons. The van der Waals surface area contributed by atoms with E-state index in [4.69, 9.17) is 5.73 Å². The Kier molecular flexibility index (Phi) is 3.57. The van der Waals surface area contributed by atoms with Crippen molar-refractivity contribution in [1.29, 1.82) is 0 Å². The summed E-state index contributed by atoms with van der Waals surface area (Å²) in [5.41, 5.74) is 5.89. The van der Waals surface area contributed by atoms with Crippen molar-refractivity contribution in [1.82, 2.24) is 0 Å². The van der Waals surface area contributed by atoms with Gasteiger partial charge in [-0.1, -0.05) is 13.8 Å². The second-order valence-corrected chi connectivity index (χ2v) is 4.78. The van der Waals surface area contributed by atoms with Crippen molar-refractivity contribution in [3.05, 3.63) is 0 Å². The minimum atomic E-state index is 0.415. The normalized spacial score (nSPS) is 33.8. The highest BCUT2D eigenvalue weighted by Gasteiger charge is 2.24. The summed E-state index contributed by atoms with van der Waals surface area (Å²) in [7, 11) is 0. The van der Waals surface area contributed by atoms with E-state index in [1.807, 2.05) is 0 Å². The molecule has 0 aromatic heterocycles. The van der Waals surface area contributed by atoms with Gasteiger partial charge in [0.25, 0.3) is 0 Å². The Morgan fingerprint density at radius 1 is 0.917 bits per heavy atom. The van der Waals surface area contributed by atoms with Crippen molar-refractivity contribution in [2.75, 3.05) is 0 Å². The third kappa shape index (κ3) is 2.48. The maximum Gasteiger partial charge on any atom is 0.00387 e. The Labute approximate surface area is 76.7 Å². The molecule has 1 aliphatic rings. The average Bonchev–Trinajstić information content (AvgIpc) is 2.04. The number of hydrogen-bond donors (Lipinski definition) is 1. The zero-order valence-corrected chi connectivity index (χ0v) is 8.72. The third-order valence-electron chi connectivity index (χ3n) is 3.50. The molecule has 0 spiro atoms. The predicted octanol–water partition coefficient (Wildman–Crippen LogP) is 2.80. The van der Waals surface area contributed by atoms with E-state index in [2.05, 4.69) is 20.8 Å². The van der Waals surface area contributed by atoms with E-state index in [-0.39, 0.29) is 0 Å². The van der Waals surface area contributed by atoms with Gasteiger partial charge >= 0.3 is 0 Å². The number of hydrogen-bond acceptors (Lipinski definition) is 1. The van der Waals surface area contributed by atoms with Crippen LogP contribution in [0.3, 0.4) is 0 Å². The van der Waals surface area contributed by atoms with Gasteiger partial charge < -0.3 is 5.73 Å². The average molecular weight is 169 g/mol. The first-order valence-electron chi connectivity index (χ1n) is 5.37. The van der Waals surface area contributed by atoms with Gasteiger partial charge in [0.2, 0.25) is 0 Å². The molecule has 1 fully saturated rings. The van der Waals surface area contributed by atoms with Crippen LogP contribution < -0.4 is 5.73 Å². The molecular formula is C11H23N. The lowest BCUT2D eigenvalue weighted by atomic mass is 9.75. The van der Waals surface area contributed by atoms with Crippen molar-refractivity contribution < 1.29 is 0 Å². The summed E-state index contributed by atoms with van der Waals surface area (Å²) in [6.45, 7) is 6.84. The summed E-state index contributed by atoms with van der Waals surface area (Å²) in [6, 6.07) is 0.415. The maximum absolute atomic E-state index is 5.89. The van der Waals surface area contributed by atoms with Gasteiger partial charge in [-0.05, 0) is 50.4 Å². The zero-order chi connectivity index (χ0) is 9.14. The predicted molar refractivity (Wildman–Crippen MR) is 53.9 cm³/mol. The van der Waals surface area contributed by atoms with E-state index in [0.29, 0.717) is 6.04 Å². The Hall–Kier alpha value is -0.0400. The summed E-state index contributed by atoms with van der Waals surface area (Å²) in [5, 5.41) is 0. The molecule has 0 aliphatic heterocycles. The summed E-state index contributed by atoms with van der Waals surface area (Å²) < 4.78 is 0. The topological polar surface area (TPSA) is 26.0 Å².